The van der Waals surface area contributed by atoms with Crippen molar-refractivity contribution in [3.63, 3.8) is 0 Å². The number of nitrogens with zero attached hydrogens (tertiary/aromatic N) is 4. The van der Waals surface area contributed by atoms with Gasteiger partial charge in [-0.05, 0) is 50.1 Å². The fraction of sp³-hybridized carbons (Fsp3) is 0.300. The van der Waals surface area contributed by atoms with E-state index >= 15 is 0 Å². The number of anilines is 1. The molecule has 0 aliphatic heterocycles. The standard InChI is InChI=1S/C20H22ClN5OS/c1-4-12-26-18(15-8-10-22-11-9-15)24-25-20(26)28-14(3)19(27)23-17-7-5-6-16(21)13(17)2/h5-11,14H,4,12H2,1-3H3,(H,23,27)/t14-/m0/s1. The van der Waals surface area contributed by atoms with Crippen LogP contribution in [0.4, 0.5) is 5.69 Å². The molecule has 0 saturated heterocycles. The van der Waals surface area contributed by atoms with Gasteiger partial charge < -0.3 is 9.88 Å². The number of hydrogen-bond donors (Lipinski definition) is 1. The summed E-state index contributed by atoms with van der Waals surface area (Å²) >= 11 is 7.53. The lowest BCUT2D eigenvalue weighted by Gasteiger charge is -2.15. The number of pyridine rings is 1. The van der Waals surface area contributed by atoms with Gasteiger partial charge >= 0.3 is 0 Å². The number of benzene rings is 1. The van der Waals surface area contributed by atoms with Crippen LogP contribution < -0.4 is 5.32 Å². The van der Waals surface area contributed by atoms with Gasteiger partial charge in [0.05, 0.1) is 5.25 Å². The van der Waals surface area contributed by atoms with E-state index in [0.29, 0.717) is 5.02 Å². The molecule has 1 N–H and O–H groups in total. The molecular weight excluding hydrogens is 394 g/mol. The van der Waals surface area contributed by atoms with Crippen LogP contribution in [0.1, 0.15) is 25.8 Å². The summed E-state index contributed by atoms with van der Waals surface area (Å²) in [4.78, 5) is 16.7. The summed E-state index contributed by atoms with van der Waals surface area (Å²) in [5.74, 6) is 0.678. The average molecular weight is 416 g/mol. The second kappa shape index (κ2) is 9.21. The number of nitrogens with one attached hydrogen (secondary N) is 1. The van der Waals surface area contributed by atoms with Gasteiger partial charge in [0.15, 0.2) is 11.0 Å². The second-order valence-corrected chi connectivity index (χ2v) is 8.07. The minimum absolute atomic E-state index is 0.105. The van der Waals surface area contributed by atoms with Crippen molar-refractivity contribution in [3.05, 3.63) is 53.3 Å². The first kappa shape index (κ1) is 20.4. The molecule has 28 heavy (non-hydrogen) atoms. The first-order chi connectivity index (χ1) is 13.5. The Kier molecular flexibility index (Phi) is 6.70. The summed E-state index contributed by atoms with van der Waals surface area (Å²) in [5.41, 5.74) is 2.52. The lowest BCUT2D eigenvalue weighted by molar-refractivity contribution is -0.115. The topological polar surface area (TPSA) is 72.7 Å². The maximum atomic E-state index is 12.7. The predicted octanol–water partition coefficient (Wildman–Crippen LogP) is 4.83. The molecule has 0 unspecified atom stereocenters. The van der Waals surface area contributed by atoms with Crippen molar-refractivity contribution in [2.24, 2.45) is 0 Å². The zero-order chi connectivity index (χ0) is 20.1. The predicted molar refractivity (Wildman–Crippen MR) is 114 cm³/mol. The van der Waals surface area contributed by atoms with Gasteiger partial charge in [-0.2, -0.15) is 0 Å². The lowest BCUT2D eigenvalue weighted by Crippen LogP contribution is -2.23. The fourth-order valence-electron chi connectivity index (χ4n) is 2.70. The number of halogens is 1. The highest BCUT2D eigenvalue weighted by atomic mass is 35.5. The Morgan fingerprint density at radius 3 is 2.71 bits per heavy atom. The molecule has 2 heterocycles. The van der Waals surface area contributed by atoms with E-state index < -0.39 is 0 Å². The van der Waals surface area contributed by atoms with E-state index in [1.807, 2.05) is 38.1 Å². The summed E-state index contributed by atoms with van der Waals surface area (Å²) in [5, 5.41) is 12.6. The highest BCUT2D eigenvalue weighted by molar-refractivity contribution is 8.00. The normalized spacial score (nSPS) is 12.0. The van der Waals surface area contributed by atoms with Gasteiger partial charge in [0.1, 0.15) is 0 Å². The van der Waals surface area contributed by atoms with Crippen molar-refractivity contribution in [1.29, 1.82) is 0 Å². The van der Waals surface area contributed by atoms with E-state index in [1.165, 1.54) is 11.8 Å². The molecule has 0 aliphatic rings. The third kappa shape index (κ3) is 4.54. The molecule has 2 aromatic heterocycles. The molecule has 3 aromatic rings. The summed E-state index contributed by atoms with van der Waals surface area (Å²) in [6.07, 6.45) is 4.40. The molecule has 1 aromatic carbocycles. The minimum Gasteiger partial charge on any atom is -0.325 e. The third-order valence-corrected chi connectivity index (χ3v) is 5.77. The molecule has 1 amide bonds. The first-order valence-electron chi connectivity index (χ1n) is 9.07. The van der Waals surface area contributed by atoms with Crippen LogP contribution in [0, 0.1) is 6.92 Å². The number of rotatable bonds is 7. The Hall–Kier alpha value is -2.38. The molecule has 1 atom stereocenters. The Balaban J connectivity index is 1.78. The molecule has 3 rings (SSSR count). The number of carbonyl (C=O) groups is 1. The molecule has 146 valence electrons. The quantitative estimate of drug-likeness (QED) is 0.559. The monoisotopic (exact) mass is 415 g/mol. The van der Waals surface area contributed by atoms with Crippen LogP contribution in [0.3, 0.4) is 0 Å². The smallest absolute Gasteiger partial charge is 0.237 e. The SMILES string of the molecule is CCCn1c(S[C@@H](C)C(=O)Nc2cccc(Cl)c2C)nnc1-c1ccncc1. The number of aromatic nitrogens is 4. The number of hydrogen-bond acceptors (Lipinski definition) is 5. The fourth-order valence-corrected chi connectivity index (χ4v) is 3.75. The van der Waals surface area contributed by atoms with Gasteiger partial charge in [-0.1, -0.05) is 36.4 Å². The van der Waals surface area contributed by atoms with E-state index in [1.54, 1.807) is 18.5 Å². The van der Waals surface area contributed by atoms with Crippen LogP contribution in [0.2, 0.25) is 5.02 Å². The molecule has 0 bridgehead atoms. The summed E-state index contributed by atoms with van der Waals surface area (Å²) in [6.45, 7) is 6.61. The Labute approximate surface area is 173 Å². The molecule has 0 spiro atoms. The molecule has 0 saturated carbocycles. The maximum Gasteiger partial charge on any atom is 0.237 e. The van der Waals surface area contributed by atoms with Crippen molar-refractivity contribution < 1.29 is 4.79 Å². The van der Waals surface area contributed by atoms with Crippen LogP contribution in [-0.4, -0.2) is 30.9 Å². The van der Waals surface area contributed by atoms with Gasteiger partial charge in [0.25, 0.3) is 0 Å². The van der Waals surface area contributed by atoms with E-state index in [9.17, 15) is 4.79 Å². The molecular formula is C20H22ClN5OS. The van der Waals surface area contributed by atoms with Crippen molar-refractivity contribution >= 4 is 35.0 Å². The van der Waals surface area contributed by atoms with Gasteiger partial charge in [0, 0.05) is 35.2 Å². The zero-order valence-corrected chi connectivity index (χ0v) is 17.6. The van der Waals surface area contributed by atoms with Crippen molar-refractivity contribution in [2.75, 3.05) is 5.32 Å². The Morgan fingerprint density at radius 2 is 2.00 bits per heavy atom. The van der Waals surface area contributed by atoms with Gasteiger partial charge in [0.2, 0.25) is 5.91 Å². The van der Waals surface area contributed by atoms with Gasteiger partial charge in [-0.15, -0.1) is 10.2 Å². The van der Waals surface area contributed by atoms with Crippen molar-refractivity contribution in [2.45, 2.75) is 44.1 Å². The molecule has 0 fully saturated rings. The van der Waals surface area contributed by atoms with E-state index in [-0.39, 0.29) is 11.2 Å². The number of carbonyl (C=O) groups excluding carboxylic acids is 1. The molecule has 6 nitrogen and oxygen atoms in total. The van der Waals surface area contributed by atoms with Crippen LogP contribution in [0.5, 0.6) is 0 Å². The summed E-state index contributed by atoms with van der Waals surface area (Å²) in [7, 11) is 0. The zero-order valence-electron chi connectivity index (χ0n) is 16.0. The molecule has 0 radical (unpaired) electrons. The van der Waals surface area contributed by atoms with Crippen LogP contribution in [0.15, 0.2) is 47.9 Å². The minimum atomic E-state index is -0.344. The highest BCUT2D eigenvalue weighted by Crippen LogP contribution is 2.28. The van der Waals surface area contributed by atoms with Gasteiger partial charge in [-0.25, -0.2) is 0 Å². The first-order valence-corrected chi connectivity index (χ1v) is 10.3. The van der Waals surface area contributed by atoms with Crippen molar-refractivity contribution in [3.8, 4) is 11.4 Å². The van der Waals surface area contributed by atoms with Crippen molar-refractivity contribution in [1.82, 2.24) is 19.7 Å². The largest absolute Gasteiger partial charge is 0.325 e. The highest BCUT2D eigenvalue weighted by Gasteiger charge is 2.21. The Morgan fingerprint density at radius 1 is 1.25 bits per heavy atom. The average Bonchev–Trinajstić information content (AvgIpc) is 3.08. The van der Waals surface area contributed by atoms with Gasteiger partial charge in [-0.3, -0.25) is 9.78 Å². The summed E-state index contributed by atoms with van der Waals surface area (Å²) < 4.78 is 2.05. The van der Waals surface area contributed by atoms with E-state index in [0.717, 1.165) is 40.8 Å². The molecule has 0 aliphatic carbocycles. The van der Waals surface area contributed by atoms with Crippen LogP contribution >= 0.6 is 23.4 Å². The van der Waals surface area contributed by atoms with Crippen LogP contribution in [0.25, 0.3) is 11.4 Å². The lowest BCUT2D eigenvalue weighted by atomic mass is 10.2. The number of amides is 1. The maximum absolute atomic E-state index is 12.7. The summed E-state index contributed by atoms with van der Waals surface area (Å²) in [6, 6.07) is 9.28. The third-order valence-electron chi connectivity index (χ3n) is 4.28. The van der Waals surface area contributed by atoms with Crippen LogP contribution in [-0.2, 0) is 11.3 Å². The van der Waals surface area contributed by atoms with E-state index in [4.69, 9.17) is 11.6 Å². The second-order valence-electron chi connectivity index (χ2n) is 6.36. The number of thioether (sulfide) groups is 1. The molecule has 8 heteroatoms. The van der Waals surface area contributed by atoms with E-state index in [2.05, 4.69) is 32.0 Å². The Bertz CT molecular complexity index is 960.